The molecule has 0 fully saturated rings. The molecule has 0 spiro atoms. The molecule has 122 valence electrons. The fourth-order valence-electron chi connectivity index (χ4n) is 2.28. The smallest absolute Gasteiger partial charge is 0.179 e. The van der Waals surface area contributed by atoms with E-state index in [9.17, 15) is 4.79 Å². The van der Waals surface area contributed by atoms with Gasteiger partial charge in [-0.15, -0.1) is 0 Å². The molecule has 2 aromatic carbocycles. The Hall–Kier alpha value is -2.49. The predicted molar refractivity (Wildman–Crippen MR) is 92.8 cm³/mol. The Morgan fingerprint density at radius 1 is 1.17 bits per heavy atom. The van der Waals surface area contributed by atoms with Gasteiger partial charge in [-0.25, -0.2) is 0 Å². The van der Waals surface area contributed by atoms with Crippen molar-refractivity contribution in [3.8, 4) is 5.75 Å². The van der Waals surface area contributed by atoms with Crippen molar-refractivity contribution in [1.29, 1.82) is 0 Å². The van der Waals surface area contributed by atoms with Crippen LogP contribution in [0.4, 0.5) is 0 Å². The van der Waals surface area contributed by atoms with Crippen LogP contribution >= 0.6 is 0 Å². The first-order valence-electron chi connectivity index (χ1n) is 7.62. The maximum absolute atomic E-state index is 11.1. The minimum atomic E-state index is -0.272. The summed E-state index contributed by atoms with van der Waals surface area (Å²) in [7, 11) is 0. The van der Waals surface area contributed by atoms with E-state index in [0.717, 1.165) is 22.8 Å². The lowest BCUT2D eigenvalue weighted by Crippen LogP contribution is -2.27. The third-order valence-electron chi connectivity index (χ3n) is 3.16. The van der Waals surface area contributed by atoms with E-state index in [1.165, 1.54) is 0 Å². The van der Waals surface area contributed by atoms with Crippen LogP contribution in [0.25, 0.3) is 10.8 Å². The Balaban J connectivity index is 1.96. The number of carbonyl (C=O) groups excluding carboxylic acids is 1. The Kier molecular flexibility index (Phi) is 5.27. The van der Waals surface area contributed by atoms with E-state index in [1.54, 1.807) is 6.07 Å². The van der Waals surface area contributed by atoms with Crippen LogP contribution in [0.1, 0.15) is 31.1 Å². The van der Waals surface area contributed by atoms with E-state index in [0.29, 0.717) is 24.6 Å². The SMILES string of the molecule is C=C(NCCOc1ccc(C=O)c2ccccc12)OC(C)(C)C. The van der Waals surface area contributed by atoms with Gasteiger partial charge in [-0.1, -0.05) is 24.3 Å². The molecule has 2 aromatic rings. The van der Waals surface area contributed by atoms with Crippen LogP contribution in [0.15, 0.2) is 48.9 Å². The third-order valence-corrected chi connectivity index (χ3v) is 3.16. The number of rotatable bonds is 7. The molecule has 2 rings (SSSR count). The first kappa shape index (κ1) is 16.9. The van der Waals surface area contributed by atoms with Crippen LogP contribution in [0.3, 0.4) is 0 Å². The molecule has 0 aromatic heterocycles. The van der Waals surface area contributed by atoms with Gasteiger partial charge in [-0.3, -0.25) is 4.79 Å². The topological polar surface area (TPSA) is 47.6 Å². The predicted octanol–water partition coefficient (Wildman–Crippen LogP) is 3.91. The standard InChI is InChI=1S/C19H23NO3/c1-14(23-19(2,3)4)20-11-12-22-18-10-9-15(13-21)16-7-5-6-8-17(16)18/h5-10,13,20H,1,11-12H2,2-4H3. The van der Waals surface area contributed by atoms with Gasteiger partial charge in [-0.2, -0.15) is 0 Å². The van der Waals surface area contributed by atoms with Crippen molar-refractivity contribution in [3.05, 3.63) is 54.4 Å². The number of hydrogen-bond donors (Lipinski definition) is 1. The van der Waals surface area contributed by atoms with Gasteiger partial charge in [0.25, 0.3) is 0 Å². The van der Waals surface area contributed by atoms with Gasteiger partial charge in [0, 0.05) is 10.9 Å². The summed E-state index contributed by atoms with van der Waals surface area (Å²) >= 11 is 0. The van der Waals surface area contributed by atoms with Crippen molar-refractivity contribution < 1.29 is 14.3 Å². The van der Waals surface area contributed by atoms with Crippen molar-refractivity contribution >= 4 is 17.1 Å². The largest absolute Gasteiger partial charge is 0.491 e. The monoisotopic (exact) mass is 313 g/mol. The first-order valence-corrected chi connectivity index (χ1v) is 7.62. The van der Waals surface area contributed by atoms with Gasteiger partial charge in [0.05, 0.1) is 6.54 Å². The molecule has 0 amide bonds. The number of ether oxygens (including phenoxy) is 2. The second kappa shape index (κ2) is 7.18. The molecule has 0 saturated heterocycles. The molecular formula is C19H23NO3. The Bertz CT molecular complexity index is 701. The lowest BCUT2D eigenvalue weighted by molar-refractivity contribution is 0.0407. The van der Waals surface area contributed by atoms with Crippen LogP contribution in [0, 0.1) is 0 Å². The zero-order chi connectivity index (χ0) is 16.9. The molecule has 0 bridgehead atoms. The lowest BCUT2D eigenvalue weighted by atomic mass is 10.0. The van der Waals surface area contributed by atoms with E-state index in [1.807, 2.05) is 51.1 Å². The van der Waals surface area contributed by atoms with E-state index in [-0.39, 0.29) is 5.60 Å². The number of carbonyl (C=O) groups is 1. The van der Waals surface area contributed by atoms with Crippen molar-refractivity contribution in [2.45, 2.75) is 26.4 Å². The Morgan fingerprint density at radius 2 is 1.87 bits per heavy atom. The highest BCUT2D eigenvalue weighted by Gasteiger charge is 2.12. The van der Waals surface area contributed by atoms with Crippen molar-refractivity contribution in [3.63, 3.8) is 0 Å². The summed E-state index contributed by atoms with van der Waals surface area (Å²) in [5.74, 6) is 1.29. The zero-order valence-corrected chi connectivity index (χ0v) is 13.9. The summed E-state index contributed by atoms with van der Waals surface area (Å²) in [6, 6.07) is 11.3. The number of fused-ring (bicyclic) bond motifs is 1. The maximum atomic E-state index is 11.1. The highest BCUT2D eigenvalue weighted by molar-refractivity contribution is 6.00. The van der Waals surface area contributed by atoms with Gasteiger partial charge >= 0.3 is 0 Å². The molecule has 0 heterocycles. The number of aldehydes is 1. The van der Waals surface area contributed by atoms with Crippen LogP contribution in [0.5, 0.6) is 5.75 Å². The molecule has 1 N–H and O–H groups in total. The molecule has 0 radical (unpaired) electrons. The molecule has 0 atom stereocenters. The summed E-state index contributed by atoms with van der Waals surface area (Å²) in [5, 5.41) is 4.91. The number of hydrogen-bond acceptors (Lipinski definition) is 4. The molecule has 23 heavy (non-hydrogen) atoms. The Labute approximate surface area is 137 Å². The van der Waals surface area contributed by atoms with Crippen LogP contribution in [-0.2, 0) is 4.74 Å². The molecule has 0 aliphatic heterocycles. The van der Waals surface area contributed by atoms with E-state index < -0.39 is 0 Å². The second-order valence-corrected chi connectivity index (χ2v) is 6.23. The average molecular weight is 313 g/mol. The van der Waals surface area contributed by atoms with E-state index in [4.69, 9.17) is 9.47 Å². The van der Waals surface area contributed by atoms with E-state index >= 15 is 0 Å². The Morgan fingerprint density at radius 3 is 2.52 bits per heavy atom. The summed E-state index contributed by atoms with van der Waals surface area (Å²) in [6.45, 7) is 10.8. The summed E-state index contributed by atoms with van der Waals surface area (Å²) in [5.41, 5.74) is 0.393. The molecule has 0 aliphatic rings. The van der Waals surface area contributed by atoms with Crippen molar-refractivity contribution in [1.82, 2.24) is 5.32 Å². The third kappa shape index (κ3) is 4.74. The summed E-state index contributed by atoms with van der Waals surface area (Å²) < 4.78 is 11.4. The van der Waals surface area contributed by atoms with E-state index in [2.05, 4.69) is 11.9 Å². The van der Waals surface area contributed by atoms with Gasteiger partial charge < -0.3 is 14.8 Å². The fraction of sp³-hybridized carbons (Fsp3) is 0.316. The average Bonchev–Trinajstić information content (AvgIpc) is 2.49. The second-order valence-electron chi connectivity index (χ2n) is 6.23. The number of nitrogens with one attached hydrogen (secondary N) is 1. The normalized spacial score (nSPS) is 11.1. The maximum Gasteiger partial charge on any atom is 0.179 e. The summed E-state index contributed by atoms with van der Waals surface area (Å²) in [6.07, 6.45) is 0.863. The molecule has 0 aliphatic carbocycles. The van der Waals surface area contributed by atoms with Gasteiger partial charge in [0.1, 0.15) is 18.0 Å². The molecule has 0 unspecified atom stereocenters. The fourth-order valence-corrected chi connectivity index (χ4v) is 2.28. The minimum absolute atomic E-state index is 0.272. The van der Waals surface area contributed by atoms with Gasteiger partial charge in [0.15, 0.2) is 12.2 Å². The molecule has 4 heteroatoms. The van der Waals surface area contributed by atoms with Crippen molar-refractivity contribution in [2.75, 3.05) is 13.2 Å². The van der Waals surface area contributed by atoms with Crippen molar-refractivity contribution in [2.24, 2.45) is 0 Å². The quantitative estimate of drug-likeness (QED) is 0.478. The minimum Gasteiger partial charge on any atom is -0.491 e. The molecular weight excluding hydrogens is 290 g/mol. The summed E-state index contributed by atoms with van der Waals surface area (Å²) in [4.78, 5) is 11.1. The van der Waals surface area contributed by atoms with Crippen LogP contribution in [0.2, 0.25) is 0 Å². The van der Waals surface area contributed by atoms with Gasteiger partial charge in [-0.05, 0) is 44.9 Å². The lowest BCUT2D eigenvalue weighted by Gasteiger charge is -2.23. The van der Waals surface area contributed by atoms with Crippen LogP contribution < -0.4 is 10.1 Å². The highest BCUT2D eigenvalue weighted by atomic mass is 16.5. The van der Waals surface area contributed by atoms with Crippen LogP contribution in [-0.4, -0.2) is 25.0 Å². The zero-order valence-electron chi connectivity index (χ0n) is 13.9. The number of benzene rings is 2. The molecule has 0 saturated carbocycles. The van der Waals surface area contributed by atoms with Gasteiger partial charge in [0.2, 0.25) is 0 Å². The first-order chi connectivity index (χ1) is 10.9. The molecule has 4 nitrogen and oxygen atoms in total. The highest BCUT2D eigenvalue weighted by Crippen LogP contribution is 2.27.